The van der Waals surface area contributed by atoms with Gasteiger partial charge in [0, 0.05) is 6.04 Å². The van der Waals surface area contributed by atoms with Gasteiger partial charge in [-0.3, -0.25) is 9.48 Å². The minimum Gasteiger partial charge on any atom is -0.352 e. The lowest BCUT2D eigenvalue weighted by Crippen LogP contribution is -2.43. The molecule has 2 saturated carbocycles. The minimum atomic E-state index is -2.66. The van der Waals surface area contributed by atoms with Crippen LogP contribution in [0.3, 0.4) is 0 Å². The van der Waals surface area contributed by atoms with E-state index in [-0.39, 0.29) is 22.1 Å². The van der Waals surface area contributed by atoms with Crippen molar-refractivity contribution in [1.82, 2.24) is 15.1 Å². The number of carbonyl (C=O) groups excluding carboxylic acids is 1. The molecule has 3 rings (SSSR count). The minimum absolute atomic E-state index is 0.115. The van der Waals surface area contributed by atoms with Crippen LogP contribution >= 0.6 is 15.9 Å². The maximum atomic E-state index is 13.0. The summed E-state index contributed by atoms with van der Waals surface area (Å²) in [6, 6.07) is -0.501. The summed E-state index contributed by atoms with van der Waals surface area (Å²) in [7, 11) is 0. The van der Waals surface area contributed by atoms with E-state index in [1.807, 2.05) is 0 Å². The molecular weight excluding hydrogens is 380 g/mol. The standard InChI is InChI=1S/C17H24BrF2N3O/c1-8(13-7-11-4-5-12(13)6-11)21-17(24)10(3)23-9(2)14(18)15(22-23)16(19)20/h8,10-13,16H,4-7H2,1-3H3,(H,21,24)/t8-,10+,11-,12-,13+/m0/s1. The Labute approximate surface area is 149 Å². The highest BCUT2D eigenvalue weighted by Gasteiger charge is 2.42. The van der Waals surface area contributed by atoms with E-state index in [0.717, 1.165) is 11.8 Å². The van der Waals surface area contributed by atoms with E-state index in [9.17, 15) is 13.6 Å². The molecule has 1 aromatic heterocycles. The summed E-state index contributed by atoms with van der Waals surface area (Å²) in [5.41, 5.74) is 0.230. The molecule has 1 aromatic rings. The largest absolute Gasteiger partial charge is 0.352 e. The molecule has 0 saturated heterocycles. The summed E-state index contributed by atoms with van der Waals surface area (Å²) < 4.78 is 27.6. The fourth-order valence-electron chi connectivity index (χ4n) is 4.51. The zero-order valence-corrected chi connectivity index (χ0v) is 15.8. The molecule has 1 heterocycles. The molecule has 2 fully saturated rings. The number of halogens is 3. The van der Waals surface area contributed by atoms with Gasteiger partial charge in [-0.2, -0.15) is 5.10 Å². The number of alkyl halides is 2. The maximum absolute atomic E-state index is 13.0. The Bertz CT molecular complexity index is 634. The lowest BCUT2D eigenvalue weighted by atomic mass is 9.84. The first-order chi connectivity index (χ1) is 11.3. The lowest BCUT2D eigenvalue weighted by molar-refractivity contribution is -0.125. The van der Waals surface area contributed by atoms with Crippen molar-refractivity contribution in [3.05, 3.63) is 15.9 Å². The van der Waals surface area contributed by atoms with Crippen LogP contribution in [0.5, 0.6) is 0 Å². The molecule has 0 aromatic carbocycles. The molecule has 5 atom stereocenters. The molecule has 2 aliphatic carbocycles. The van der Waals surface area contributed by atoms with Crippen molar-refractivity contribution in [2.75, 3.05) is 0 Å². The highest BCUT2D eigenvalue weighted by molar-refractivity contribution is 9.10. The second-order valence-electron chi connectivity index (χ2n) is 7.34. The number of aromatic nitrogens is 2. The van der Waals surface area contributed by atoms with Gasteiger partial charge >= 0.3 is 0 Å². The van der Waals surface area contributed by atoms with Gasteiger partial charge in [-0.1, -0.05) is 6.42 Å². The highest BCUT2D eigenvalue weighted by Crippen LogP contribution is 2.49. The third-order valence-corrected chi connectivity index (χ3v) is 6.84. The van der Waals surface area contributed by atoms with Crippen LogP contribution in [0.25, 0.3) is 0 Å². The number of nitrogens with one attached hydrogen (secondary N) is 1. The van der Waals surface area contributed by atoms with Gasteiger partial charge in [0.1, 0.15) is 11.7 Å². The molecule has 0 unspecified atom stereocenters. The predicted octanol–water partition coefficient (Wildman–Crippen LogP) is 4.39. The Morgan fingerprint density at radius 2 is 2.04 bits per heavy atom. The van der Waals surface area contributed by atoms with Gasteiger partial charge in [0.25, 0.3) is 6.43 Å². The second-order valence-corrected chi connectivity index (χ2v) is 8.13. The molecule has 0 radical (unpaired) electrons. The molecule has 0 aliphatic heterocycles. The van der Waals surface area contributed by atoms with Crippen molar-refractivity contribution in [3.63, 3.8) is 0 Å². The summed E-state index contributed by atoms with van der Waals surface area (Å²) >= 11 is 3.15. The Balaban J connectivity index is 1.68. The Morgan fingerprint density at radius 1 is 1.33 bits per heavy atom. The Hall–Kier alpha value is -0.980. The molecule has 2 bridgehead atoms. The van der Waals surface area contributed by atoms with Gasteiger partial charge in [-0.25, -0.2) is 8.78 Å². The van der Waals surface area contributed by atoms with Gasteiger partial charge in [-0.15, -0.1) is 0 Å². The fourth-order valence-corrected chi connectivity index (χ4v) is 4.94. The fraction of sp³-hybridized carbons (Fsp3) is 0.765. The summed E-state index contributed by atoms with van der Waals surface area (Å²) in [6.07, 6.45) is 2.43. The van der Waals surface area contributed by atoms with Crippen molar-refractivity contribution < 1.29 is 13.6 Å². The zero-order valence-electron chi connectivity index (χ0n) is 14.2. The molecule has 0 spiro atoms. The van der Waals surface area contributed by atoms with Crippen LogP contribution < -0.4 is 5.32 Å². The SMILES string of the molecule is Cc1c(Br)c(C(F)F)nn1[C@H](C)C(=O)N[C@@H](C)[C@H]1C[C@H]2CC[C@H]1C2. The Morgan fingerprint density at radius 3 is 2.54 bits per heavy atom. The average molecular weight is 404 g/mol. The quantitative estimate of drug-likeness (QED) is 0.791. The van der Waals surface area contributed by atoms with Gasteiger partial charge in [0.15, 0.2) is 0 Å². The maximum Gasteiger partial charge on any atom is 0.283 e. The number of hydrogen-bond donors (Lipinski definition) is 1. The Kier molecular flexibility index (Phi) is 5.00. The van der Waals surface area contributed by atoms with Crippen molar-refractivity contribution in [1.29, 1.82) is 0 Å². The van der Waals surface area contributed by atoms with Gasteiger partial charge < -0.3 is 5.32 Å². The van der Waals surface area contributed by atoms with E-state index in [1.54, 1.807) is 13.8 Å². The number of amides is 1. The number of carbonyl (C=O) groups is 1. The van der Waals surface area contributed by atoms with Gasteiger partial charge in [0.2, 0.25) is 5.91 Å². The molecule has 1 N–H and O–H groups in total. The van der Waals surface area contributed by atoms with Crippen molar-refractivity contribution in [2.45, 2.75) is 65.0 Å². The van der Waals surface area contributed by atoms with E-state index in [1.165, 1.54) is 30.4 Å². The smallest absolute Gasteiger partial charge is 0.283 e. The van der Waals surface area contributed by atoms with Crippen molar-refractivity contribution in [2.24, 2.45) is 17.8 Å². The number of nitrogens with zero attached hydrogens (tertiary/aromatic N) is 2. The first-order valence-electron chi connectivity index (χ1n) is 8.62. The molecule has 7 heteroatoms. The van der Waals surface area contributed by atoms with E-state index >= 15 is 0 Å². The van der Waals surface area contributed by atoms with E-state index in [4.69, 9.17) is 0 Å². The first kappa shape index (κ1) is 17.8. The van der Waals surface area contributed by atoms with E-state index < -0.39 is 12.5 Å². The number of rotatable bonds is 5. The third-order valence-electron chi connectivity index (χ3n) is 5.86. The van der Waals surface area contributed by atoms with E-state index in [0.29, 0.717) is 11.6 Å². The molecule has 1 amide bonds. The molecule has 24 heavy (non-hydrogen) atoms. The molecule has 134 valence electrons. The summed E-state index contributed by atoms with van der Waals surface area (Å²) in [5, 5.41) is 7.02. The molecular formula is C17H24BrF2N3O. The van der Waals surface area contributed by atoms with E-state index in [2.05, 4.69) is 33.3 Å². The molecule has 2 aliphatic rings. The van der Waals surface area contributed by atoms with Crippen molar-refractivity contribution in [3.8, 4) is 0 Å². The zero-order chi connectivity index (χ0) is 17.6. The summed E-state index contributed by atoms with van der Waals surface area (Å²) in [6.45, 7) is 5.45. The predicted molar refractivity (Wildman–Crippen MR) is 90.9 cm³/mol. The molecule has 4 nitrogen and oxygen atoms in total. The van der Waals surface area contributed by atoms with Crippen LogP contribution in [0, 0.1) is 24.7 Å². The number of fused-ring (bicyclic) bond motifs is 2. The summed E-state index contributed by atoms with van der Waals surface area (Å²) in [4.78, 5) is 12.6. The first-order valence-corrected chi connectivity index (χ1v) is 9.41. The average Bonchev–Trinajstić information content (AvgIpc) is 3.22. The van der Waals surface area contributed by atoms with Crippen LogP contribution in [0.15, 0.2) is 4.47 Å². The van der Waals surface area contributed by atoms with Crippen LogP contribution in [-0.2, 0) is 4.79 Å². The summed E-state index contributed by atoms with van der Waals surface area (Å²) in [5.74, 6) is 1.94. The lowest BCUT2D eigenvalue weighted by Gasteiger charge is -2.29. The third kappa shape index (κ3) is 3.11. The van der Waals surface area contributed by atoms with Crippen molar-refractivity contribution >= 4 is 21.8 Å². The van der Waals surface area contributed by atoms with Crippen LogP contribution in [0.2, 0.25) is 0 Å². The van der Waals surface area contributed by atoms with Gasteiger partial charge in [-0.05, 0) is 73.7 Å². The highest BCUT2D eigenvalue weighted by atomic mass is 79.9. The topological polar surface area (TPSA) is 46.9 Å². The van der Waals surface area contributed by atoms with Crippen LogP contribution in [0.4, 0.5) is 8.78 Å². The van der Waals surface area contributed by atoms with Crippen LogP contribution in [-0.4, -0.2) is 21.7 Å². The number of hydrogen-bond acceptors (Lipinski definition) is 2. The normalized spacial score (nSPS) is 28.4. The van der Waals surface area contributed by atoms with Gasteiger partial charge in [0.05, 0.1) is 10.2 Å². The monoisotopic (exact) mass is 403 g/mol. The van der Waals surface area contributed by atoms with Crippen LogP contribution in [0.1, 0.15) is 63.4 Å². The second kappa shape index (κ2) is 6.73.